The van der Waals surface area contributed by atoms with E-state index in [-0.39, 0.29) is 12.8 Å². The van der Waals surface area contributed by atoms with E-state index < -0.39 is 34.4 Å². The van der Waals surface area contributed by atoms with Crippen LogP contribution in [0.4, 0.5) is 10.5 Å². The van der Waals surface area contributed by atoms with Gasteiger partial charge in [0.05, 0.1) is 0 Å². The Labute approximate surface area is 170 Å². The third kappa shape index (κ3) is 10.2. The lowest BCUT2D eigenvalue weighted by Crippen LogP contribution is -2.43. The maximum absolute atomic E-state index is 12.5. The molecule has 0 saturated heterocycles. The van der Waals surface area contributed by atoms with E-state index >= 15 is 0 Å². The largest absolute Gasteiger partial charge is 0.460 e. The van der Waals surface area contributed by atoms with Crippen molar-refractivity contribution in [1.29, 1.82) is 0 Å². The van der Waals surface area contributed by atoms with Crippen molar-refractivity contribution in [3.63, 3.8) is 0 Å². The number of benzene rings is 1. The first kappa shape index (κ1) is 23.8. The van der Waals surface area contributed by atoms with Crippen LogP contribution in [-0.4, -0.2) is 34.4 Å². The maximum atomic E-state index is 12.5. The van der Waals surface area contributed by atoms with Crippen LogP contribution in [0.5, 0.6) is 0 Å². The van der Waals surface area contributed by atoms with E-state index in [0.29, 0.717) is 10.6 Å². The zero-order valence-corrected chi connectivity index (χ0v) is 18.1. The number of nitrogens with one attached hydrogen (secondary N) is 1. The van der Waals surface area contributed by atoms with Gasteiger partial charge in [-0.25, -0.2) is 4.79 Å². The molecule has 1 aromatic rings. The van der Waals surface area contributed by atoms with Gasteiger partial charge in [-0.2, -0.15) is 0 Å². The molecule has 7 nitrogen and oxygen atoms in total. The van der Waals surface area contributed by atoms with E-state index in [1.165, 1.54) is 0 Å². The van der Waals surface area contributed by atoms with E-state index in [4.69, 9.17) is 15.2 Å². The fourth-order valence-electron chi connectivity index (χ4n) is 2.09. The van der Waals surface area contributed by atoms with Gasteiger partial charge in [-0.15, -0.1) is 0 Å². The number of thioether (sulfide) groups is 1. The Morgan fingerprint density at radius 3 is 2.04 bits per heavy atom. The van der Waals surface area contributed by atoms with Crippen molar-refractivity contribution in [3.05, 3.63) is 24.3 Å². The van der Waals surface area contributed by atoms with Crippen LogP contribution >= 0.6 is 11.8 Å². The minimum absolute atomic E-state index is 0.0198. The second kappa shape index (κ2) is 9.82. The number of amides is 1. The molecule has 0 fully saturated rings. The molecular weight excluding hydrogens is 380 g/mol. The Morgan fingerprint density at radius 1 is 1.00 bits per heavy atom. The van der Waals surface area contributed by atoms with Gasteiger partial charge in [0.25, 0.3) is 5.24 Å². The van der Waals surface area contributed by atoms with Crippen molar-refractivity contribution in [1.82, 2.24) is 5.32 Å². The van der Waals surface area contributed by atoms with Crippen molar-refractivity contribution in [2.75, 3.05) is 5.73 Å². The predicted octanol–water partition coefficient (Wildman–Crippen LogP) is 3.90. The highest BCUT2D eigenvalue weighted by atomic mass is 32.2. The summed E-state index contributed by atoms with van der Waals surface area (Å²) in [6.07, 6.45) is 0.0614. The molecule has 8 heteroatoms. The molecule has 1 rings (SSSR count). The molecule has 1 atom stereocenters. The number of nitrogens with two attached hydrogens (primary N) is 1. The van der Waals surface area contributed by atoms with Crippen molar-refractivity contribution in [3.8, 4) is 0 Å². The minimum atomic E-state index is -0.958. The summed E-state index contributed by atoms with van der Waals surface area (Å²) in [5, 5.41) is 2.21. The number of hydrogen-bond donors (Lipinski definition) is 2. The van der Waals surface area contributed by atoms with Gasteiger partial charge in [-0.1, -0.05) is 0 Å². The summed E-state index contributed by atoms with van der Waals surface area (Å²) in [7, 11) is 0. The number of carbonyl (C=O) groups excluding carboxylic acids is 3. The topological polar surface area (TPSA) is 108 Å². The Kier molecular flexibility index (Phi) is 8.35. The summed E-state index contributed by atoms with van der Waals surface area (Å²) in [5.41, 5.74) is 4.89. The second-order valence-electron chi connectivity index (χ2n) is 8.31. The van der Waals surface area contributed by atoms with E-state index in [0.717, 1.165) is 11.8 Å². The molecule has 0 aliphatic heterocycles. The van der Waals surface area contributed by atoms with Crippen molar-refractivity contribution < 1.29 is 23.9 Å². The van der Waals surface area contributed by atoms with Crippen molar-refractivity contribution in [2.24, 2.45) is 0 Å². The monoisotopic (exact) mass is 410 g/mol. The molecule has 0 radical (unpaired) electrons. The third-order valence-electron chi connectivity index (χ3n) is 3.13. The summed E-state index contributed by atoms with van der Waals surface area (Å²) < 4.78 is 10.6. The molecule has 3 N–H and O–H groups in total. The van der Waals surface area contributed by atoms with E-state index in [9.17, 15) is 14.4 Å². The first-order chi connectivity index (χ1) is 12.7. The molecule has 0 saturated carbocycles. The van der Waals surface area contributed by atoms with Gasteiger partial charge in [0.15, 0.2) is 0 Å². The number of hydrogen-bond acceptors (Lipinski definition) is 7. The lowest BCUT2D eigenvalue weighted by molar-refractivity contribution is -0.158. The first-order valence-electron chi connectivity index (χ1n) is 9.04. The van der Waals surface area contributed by atoms with Crippen LogP contribution in [0.2, 0.25) is 0 Å². The minimum Gasteiger partial charge on any atom is -0.460 e. The Hall–Kier alpha value is -2.22. The lowest BCUT2D eigenvalue weighted by atomic mass is 10.1. The zero-order chi connectivity index (χ0) is 21.5. The highest BCUT2D eigenvalue weighted by molar-refractivity contribution is 8.13. The number of rotatable bonds is 6. The van der Waals surface area contributed by atoms with Gasteiger partial charge in [0, 0.05) is 17.0 Å². The summed E-state index contributed by atoms with van der Waals surface area (Å²) in [6, 6.07) is 5.83. The van der Waals surface area contributed by atoms with Crippen LogP contribution in [0.1, 0.15) is 54.4 Å². The fourth-order valence-corrected chi connectivity index (χ4v) is 2.78. The average Bonchev–Trinajstić information content (AvgIpc) is 2.50. The number of ether oxygens (including phenoxy) is 2. The number of esters is 2. The molecule has 0 bridgehead atoms. The normalized spacial score (nSPS) is 12.8. The fraction of sp³-hybridized carbons (Fsp3) is 0.550. The molecule has 0 heterocycles. The smallest absolute Gasteiger partial charge is 0.329 e. The van der Waals surface area contributed by atoms with E-state index in [1.54, 1.807) is 65.8 Å². The predicted molar refractivity (Wildman–Crippen MR) is 110 cm³/mol. The standard InChI is InChI=1S/C20H30N2O5S/c1-19(2,3)26-16(23)12-11-15(17(24)27-20(4,5)6)22-18(25)28-14-9-7-13(21)8-10-14/h7-10,15H,11-12,21H2,1-6H3,(H,22,25)/t15-/m0/s1. The number of nitrogen functional groups attached to an aromatic ring is 1. The van der Waals surface area contributed by atoms with E-state index in [1.807, 2.05) is 0 Å². The van der Waals surface area contributed by atoms with Gasteiger partial charge < -0.3 is 20.5 Å². The first-order valence-corrected chi connectivity index (χ1v) is 9.85. The average molecular weight is 411 g/mol. The number of carbonyl (C=O) groups is 3. The molecule has 1 amide bonds. The van der Waals surface area contributed by atoms with Crippen LogP contribution in [-0.2, 0) is 19.1 Å². The quantitative estimate of drug-likeness (QED) is 0.416. The highest BCUT2D eigenvalue weighted by Crippen LogP contribution is 2.21. The molecule has 0 aliphatic rings. The molecule has 1 aromatic carbocycles. The van der Waals surface area contributed by atoms with Crippen molar-refractivity contribution >= 4 is 34.6 Å². The molecule has 0 unspecified atom stereocenters. The SMILES string of the molecule is CC(C)(C)OC(=O)CC[C@H](NC(=O)Sc1ccc(N)cc1)C(=O)OC(C)(C)C. The van der Waals surface area contributed by atoms with Crippen LogP contribution < -0.4 is 11.1 Å². The highest BCUT2D eigenvalue weighted by Gasteiger charge is 2.28. The Bertz CT molecular complexity index is 690. The van der Waals surface area contributed by atoms with Crippen LogP contribution in [0, 0.1) is 0 Å². The summed E-state index contributed by atoms with van der Waals surface area (Å²) in [6.45, 7) is 10.5. The number of anilines is 1. The van der Waals surface area contributed by atoms with E-state index in [2.05, 4.69) is 5.32 Å². The lowest BCUT2D eigenvalue weighted by Gasteiger charge is -2.25. The van der Waals surface area contributed by atoms with Crippen molar-refractivity contribution in [2.45, 2.75) is 76.5 Å². The summed E-state index contributed by atoms with van der Waals surface area (Å²) in [5.74, 6) is -1.04. The molecule has 156 valence electrons. The van der Waals surface area contributed by atoms with Gasteiger partial charge in [0.1, 0.15) is 17.2 Å². The maximum Gasteiger partial charge on any atom is 0.329 e. The van der Waals surface area contributed by atoms with Gasteiger partial charge in [-0.05, 0) is 84.0 Å². The third-order valence-corrected chi connectivity index (χ3v) is 3.94. The molecular formula is C20H30N2O5S. The summed E-state index contributed by atoms with van der Waals surface area (Å²) in [4.78, 5) is 37.5. The van der Waals surface area contributed by atoms with Gasteiger partial charge >= 0.3 is 11.9 Å². The molecule has 0 aromatic heterocycles. The Balaban J connectivity index is 2.76. The van der Waals surface area contributed by atoms with Gasteiger partial charge in [-0.3, -0.25) is 9.59 Å². The zero-order valence-electron chi connectivity index (χ0n) is 17.3. The molecule has 0 spiro atoms. The van der Waals surface area contributed by atoms with Gasteiger partial charge in [0.2, 0.25) is 0 Å². The van der Waals surface area contributed by atoms with Crippen LogP contribution in [0.25, 0.3) is 0 Å². The summed E-state index contributed by atoms with van der Waals surface area (Å²) >= 11 is 0.931. The second-order valence-corrected chi connectivity index (χ2v) is 9.36. The molecule has 28 heavy (non-hydrogen) atoms. The van der Waals surface area contributed by atoms with Crippen LogP contribution in [0.3, 0.4) is 0 Å². The van der Waals surface area contributed by atoms with Crippen LogP contribution in [0.15, 0.2) is 29.2 Å². The molecule has 0 aliphatic carbocycles. The Morgan fingerprint density at radius 2 is 1.54 bits per heavy atom.